The lowest BCUT2D eigenvalue weighted by atomic mass is 9.86. The zero-order valence-corrected chi connectivity index (χ0v) is 9.40. The molecule has 0 atom stereocenters. The number of thiazole rings is 1. The summed E-state index contributed by atoms with van der Waals surface area (Å²) in [5, 5.41) is 12.3. The first kappa shape index (κ1) is 9.67. The lowest BCUT2D eigenvalue weighted by molar-refractivity contribution is 0.417. The molecular weight excluding hydrogens is 192 g/mol. The fraction of sp³-hybridized carbons (Fsp3) is 0.636. The molecule has 3 heteroatoms. The monoisotopic (exact) mass is 206 g/mol. The van der Waals surface area contributed by atoms with Gasteiger partial charge < -0.3 is 0 Å². The zero-order valence-electron chi connectivity index (χ0n) is 8.58. The van der Waals surface area contributed by atoms with Gasteiger partial charge in [0.1, 0.15) is 0 Å². The van der Waals surface area contributed by atoms with Gasteiger partial charge in [0.15, 0.2) is 0 Å². The van der Waals surface area contributed by atoms with Crippen molar-refractivity contribution >= 4 is 11.3 Å². The Morgan fingerprint density at radius 3 is 2.79 bits per heavy atom. The highest BCUT2D eigenvalue weighted by Gasteiger charge is 2.27. The van der Waals surface area contributed by atoms with Crippen LogP contribution in [-0.4, -0.2) is 4.98 Å². The molecule has 0 amide bonds. The molecular formula is C11H14N2S. The third-order valence-electron chi connectivity index (χ3n) is 2.90. The lowest BCUT2D eigenvalue weighted by Crippen LogP contribution is -2.15. The number of hydrogen-bond donors (Lipinski definition) is 0. The molecule has 0 bridgehead atoms. The Morgan fingerprint density at radius 1 is 1.57 bits per heavy atom. The molecule has 74 valence electrons. The maximum atomic E-state index is 8.98. The molecule has 0 aliphatic heterocycles. The molecule has 1 aromatic heterocycles. The number of hydrogen-bond acceptors (Lipinski definition) is 3. The predicted octanol–water partition coefficient (Wildman–Crippen LogP) is 3.21. The summed E-state index contributed by atoms with van der Waals surface area (Å²) in [5.41, 5.74) is 0.505. The summed E-state index contributed by atoms with van der Waals surface area (Å²) in [6.07, 6.45) is 3.89. The van der Waals surface area contributed by atoms with Crippen LogP contribution in [-0.2, 0) is 5.41 Å². The van der Waals surface area contributed by atoms with Crippen LogP contribution in [0.15, 0.2) is 5.38 Å². The highest BCUT2D eigenvalue weighted by atomic mass is 32.1. The summed E-state index contributed by atoms with van der Waals surface area (Å²) in [6, 6.07) is 2.29. The van der Waals surface area contributed by atoms with E-state index in [0.717, 1.165) is 5.69 Å². The summed E-state index contributed by atoms with van der Waals surface area (Å²) in [5.74, 6) is 0.684. The van der Waals surface area contributed by atoms with Crippen LogP contribution in [0.1, 0.15) is 49.7 Å². The van der Waals surface area contributed by atoms with E-state index in [0.29, 0.717) is 5.92 Å². The van der Waals surface area contributed by atoms with Gasteiger partial charge in [-0.25, -0.2) is 4.98 Å². The molecule has 1 aliphatic rings. The molecule has 0 N–H and O–H groups in total. The summed E-state index contributed by atoms with van der Waals surface area (Å²) in [6.45, 7) is 3.85. The Morgan fingerprint density at radius 2 is 2.29 bits per heavy atom. The van der Waals surface area contributed by atoms with Crippen molar-refractivity contribution in [2.45, 2.75) is 44.4 Å². The lowest BCUT2D eigenvalue weighted by Gasteiger charge is -2.22. The van der Waals surface area contributed by atoms with Gasteiger partial charge in [-0.15, -0.1) is 11.3 Å². The minimum absolute atomic E-state index is 0.432. The molecule has 0 spiro atoms. The van der Waals surface area contributed by atoms with Crippen molar-refractivity contribution in [3.8, 4) is 6.07 Å². The average molecular weight is 206 g/mol. The van der Waals surface area contributed by atoms with Crippen LogP contribution in [0.5, 0.6) is 0 Å². The van der Waals surface area contributed by atoms with E-state index in [9.17, 15) is 0 Å². The molecule has 2 nitrogen and oxygen atoms in total. The molecule has 1 aromatic rings. The van der Waals surface area contributed by atoms with Crippen LogP contribution >= 0.6 is 11.3 Å². The average Bonchev–Trinajstić information content (AvgIpc) is 2.51. The maximum absolute atomic E-state index is 8.98. The smallest absolute Gasteiger partial charge is 0.0959 e. The maximum Gasteiger partial charge on any atom is 0.0959 e. The van der Waals surface area contributed by atoms with E-state index in [1.807, 2.05) is 19.2 Å². The second-order valence-electron chi connectivity index (χ2n) is 4.44. The van der Waals surface area contributed by atoms with Gasteiger partial charge in [-0.3, -0.25) is 0 Å². The summed E-state index contributed by atoms with van der Waals surface area (Å²) in [7, 11) is 0. The van der Waals surface area contributed by atoms with Crippen molar-refractivity contribution in [3.05, 3.63) is 16.1 Å². The van der Waals surface area contributed by atoms with Crippen LogP contribution in [0.2, 0.25) is 0 Å². The summed E-state index contributed by atoms with van der Waals surface area (Å²) < 4.78 is 0. The Bertz CT molecular complexity index is 369. The number of nitriles is 1. The van der Waals surface area contributed by atoms with Gasteiger partial charge in [0, 0.05) is 11.3 Å². The van der Waals surface area contributed by atoms with Crippen LogP contribution in [0.25, 0.3) is 0 Å². The Labute approximate surface area is 88.6 Å². The van der Waals surface area contributed by atoms with Crippen LogP contribution in [0.4, 0.5) is 0 Å². The second-order valence-corrected chi connectivity index (χ2v) is 5.33. The van der Waals surface area contributed by atoms with Gasteiger partial charge in [-0.1, -0.05) is 6.42 Å². The van der Waals surface area contributed by atoms with Crippen molar-refractivity contribution in [3.63, 3.8) is 0 Å². The normalized spacial score (nSPS) is 17.5. The molecule has 0 saturated heterocycles. The first-order valence-corrected chi connectivity index (χ1v) is 5.88. The Balaban J connectivity index is 2.21. The molecule has 0 radical (unpaired) electrons. The van der Waals surface area contributed by atoms with Crippen LogP contribution in [0.3, 0.4) is 0 Å². The fourth-order valence-electron chi connectivity index (χ4n) is 1.47. The zero-order chi connectivity index (χ0) is 10.2. The summed E-state index contributed by atoms with van der Waals surface area (Å²) >= 11 is 1.71. The van der Waals surface area contributed by atoms with Crippen molar-refractivity contribution in [1.29, 1.82) is 5.26 Å². The summed E-state index contributed by atoms with van der Waals surface area (Å²) in [4.78, 5) is 4.57. The second kappa shape index (κ2) is 3.36. The highest BCUT2D eigenvalue weighted by molar-refractivity contribution is 7.09. The van der Waals surface area contributed by atoms with Crippen molar-refractivity contribution in [1.82, 2.24) is 4.98 Å². The van der Waals surface area contributed by atoms with Gasteiger partial charge in [0.2, 0.25) is 0 Å². The van der Waals surface area contributed by atoms with Crippen LogP contribution in [0, 0.1) is 11.3 Å². The predicted molar refractivity (Wildman–Crippen MR) is 57.3 cm³/mol. The molecule has 0 unspecified atom stereocenters. The van der Waals surface area contributed by atoms with E-state index < -0.39 is 5.41 Å². The number of aromatic nitrogens is 1. The molecule has 1 saturated carbocycles. The van der Waals surface area contributed by atoms with Gasteiger partial charge >= 0.3 is 0 Å². The van der Waals surface area contributed by atoms with Crippen molar-refractivity contribution in [2.24, 2.45) is 0 Å². The SMILES string of the molecule is CC(C)(C#N)c1csc(C2CCC2)n1. The third-order valence-corrected chi connectivity index (χ3v) is 3.90. The van der Waals surface area contributed by atoms with E-state index in [1.54, 1.807) is 11.3 Å². The number of nitrogens with zero attached hydrogens (tertiary/aromatic N) is 2. The first-order chi connectivity index (χ1) is 6.63. The Hall–Kier alpha value is -0.880. The molecule has 1 heterocycles. The molecule has 1 fully saturated rings. The first-order valence-electron chi connectivity index (χ1n) is 5.00. The molecule has 14 heavy (non-hydrogen) atoms. The van der Waals surface area contributed by atoms with Crippen molar-refractivity contribution < 1.29 is 0 Å². The Kier molecular flexibility index (Phi) is 2.32. The van der Waals surface area contributed by atoms with Crippen LogP contribution < -0.4 is 0 Å². The number of rotatable bonds is 2. The van der Waals surface area contributed by atoms with E-state index in [2.05, 4.69) is 11.1 Å². The quantitative estimate of drug-likeness (QED) is 0.745. The largest absolute Gasteiger partial charge is 0.244 e. The van der Waals surface area contributed by atoms with E-state index in [-0.39, 0.29) is 0 Å². The van der Waals surface area contributed by atoms with Gasteiger partial charge in [-0.05, 0) is 26.7 Å². The topological polar surface area (TPSA) is 36.7 Å². The molecule has 1 aliphatic carbocycles. The molecule has 2 rings (SSSR count). The van der Waals surface area contributed by atoms with Gasteiger partial charge in [0.25, 0.3) is 0 Å². The minimum atomic E-state index is -0.432. The minimum Gasteiger partial charge on any atom is -0.244 e. The van der Waals surface area contributed by atoms with E-state index in [1.165, 1.54) is 24.3 Å². The standard InChI is InChI=1S/C11H14N2S/c1-11(2,7-12)9-6-14-10(13-9)8-4-3-5-8/h6,8H,3-5H2,1-2H3. The fourth-order valence-corrected chi connectivity index (χ4v) is 2.63. The highest BCUT2D eigenvalue weighted by Crippen LogP contribution is 2.39. The molecule has 0 aromatic carbocycles. The third kappa shape index (κ3) is 1.55. The van der Waals surface area contributed by atoms with E-state index in [4.69, 9.17) is 5.26 Å². The van der Waals surface area contributed by atoms with Gasteiger partial charge in [-0.2, -0.15) is 5.26 Å². The van der Waals surface area contributed by atoms with Gasteiger partial charge in [0.05, 0.1) is 22.2 Å². The van der Waals surface area contributed by atoms with Crippen molar-refractivity contribution in [2.75, 3.05) is 0 Å². The van der Waals surface area contributed by atoms with E-state index >= 15 is 0 Å².